The molecular formula is C19H18N2O2S2. The van der Waals surface area contributed by atoms with Crippen LogP contribution in [0.2, 0.25) is 0 Å². The van der Waals surface area contributed by atoms with E-state index in [4.69, 9.17) is 0 Å². The van der Waals surface area contributed by atoms with Crippen molar-refractivity contribution < 1.29 is 8.42 Å². The molecule has 4 nitrogen and oxygen atoms in total. The molecule has 0 atom stereocenters. The van der Waals surface area contributed by atoms with Gasteiger partial charge >= 0.3 is 0 Å². The number of hydrogen-bond acceptors (Lipinski definition) is 4. The number of aromatic nitrogens is 1. The molecule has 0 radical (unpaired) electrons. The zero-order valence-electron chi connectivity index (χ0n) is 13.6. The highest BCUT2D eigenvalue weighted by atomic mass is 32.2. The third kappa shape index (κ3) is 3.66. The fourth-order valence-corrected chi connectivity index (χ4v) is 4.89. The predicted octanol–water partition coefficient (Wildman–Crippen LogP) is 4.17. The van der Waals surface area contributed by atoms with Crippen LogP contribution in [0, 0.1) is 0 Å². The van der Waals surface area contributed by atoms with Gasteiger partial charge < -0.3 is 0 Å². The fourth-order valence-electron chi connectivity index (χ4n) is 2.76. The van der Waals surface area contributed by atoms with E-state index in [0.717, 1.165) is 16.3 Å². The van der Waals surface area contributed by atoms with Gasteiger partial charge in [0.1, 0.15) is 5.01 Å². The van der Waals surface area contributed by atoms with Gasteiger partial charge in [0.15, 0.2) is 0 Å². The lowest BCUT2D eigenvalue weighted by Crippen LogP contribution is -2.23. The van der Waals surface area contributed by atoms with Crippen molar-refractivity contribution in [3.8, 4) is 11.1 Å². The molecule has 6 heteroatoms. The molecule has 4 rings (SSSR count). The van der Waals surface area contributed by atoms with E-state index in [1.807, 2.05) is 47.8 Å². The van der Waals surface area contributed by atoms with Crippen LogP contribution in [-0.2, 0) is 16.6 Å². The summed E-state index contributed by atoms with van der Waals surface area (Å²) in [5.41, 5.74) is 2.69. The molecule has 1 aliphatic rings. The van der Waals surface area contributed by atoms with E-state index in [1.165, 1.54) is 24.2 Å². The summed E-state index contributed by atoms with van der Waals surface area (Å²) >= 11 is 1.52. The summed E-state index contributed by atoms with van der Waals surface area (Å²) in [5, 5.41) is 2.85. The molecule has 25 heavy (non-hydrogen) atoms. The second-order valence-corrected chi connectivity index (χ2v) is 8.81. The summed E-state index contributed by atoms with van der Waals surface area (Å²) < 4.78 is 28.3. The molecule has 1 aromatic heterocycles. The first kappa shape index (κ1) is 16.4. The lowest BCUT2D eigenvalue weighted by atomic mass is 10.1. The van der Waals surface area contributed by atoms with Gasteiger partial charge in [0.2, 0.25) is 10.0 Å². The Morgan fingerprint density at radius 1 is 1.04 bits per heavy atom. The Hall–Kier alpha value is -2.02. The Kier molecular flexibility index (Phi) is 4.41. The third-order valence-electron chi connectivity index (χ3n) is 4.24. The van der Waals surface area contributed by atoms with Crippen LogP contribution in [0.15, 0.2) is 64.9 Å². The molecule has 1 aliphatic carbocycles. The normalized spacial score (nSPS) is 14.6. The molecule has 2 aromatic carbocycles. The van der Waals surface area contributed by atoms with Crippen LogP contribution < -0.4 is 4.72 Å². The summed E-state index contributed by atoms with van der Waals surface area (Å²) in [6.45, 7) is 0.225. The Labute approximate surface area is 151 Å². The SMILES string of the molecule is O=S(=O)(NCc1nc(C2CC2)cs1)c1ccccc1-c1ccccc1. The standard InChI is InChI=1S/C19H18N2O2S2/c22-25(23,20-12-19-21-17(13-24-19)15-10-11-15)18-9-5-4-8-16(18)14-6-2-1-3-7-14/h1-9,13,15,20H,10-12H2. The first-order chi connectivity index (χ1) is 12.1. The maximum Gasteiger partial charge on any atom is 0.241 e. The molecule has 1 N–H and O–H groups in total. The van der Waals surface area contributed by atoms with Crippen molar-refractivity contribution in [3.05, 3.63) is 70.7 Å². The number of benzene rings is 2. The van der Waals surface area contributed by atoms with Crippen molar-refractivity contribution in [1.82, 2.24) is 9.71 Å². The van der Waals surface area contributed by atoms with Gasteiger partial charge in [0, 0.05) is 16.9 Å². The molecule has 0 saturated heterocycles. The van der Waals surface area contributed by atoms with E-state index in [-0.39, 0.29) is 6.54 Å². The minimum Gasteiger partial charge on any atom is -0.245 e. The highest BCUT2D eigenvalue weighted by molar-refractivity contribution is 7.89. The van der Waals surface area contributed by atoms with Crippen molar-refractivity contribution in [1.29, 1.82) is 0 Å². The predicted molar refractivity (Wildman–Crippen MR) is 100.0 cm³/mol. The summed E-state index contributed by atoms with van der Waals surface area (Å²) in [7, 11) is -3.62. The van der Waals surface area contributed by atoms with Gasteiger partial charge in [-0.25, -0.2) is 18.1 Å². The molecule has 0 amide bonds. The molecule has 0 aliphatic heterocycles. The number of nitrogens with one attached hydrogen (secondary N) is 1. The van der Waals surface area contributed by atoms with Crippen LogP contribution >= 0.6 is 11.3 Å². The minimum atomic E-state index is -3.62. The fraction of sp³-hybridized carbons (Fsp3) is 0.211. The van der Waals surface area contributed by atoms with Gasteiger partial charge in [-0.05, 0) is 24.5 Å². The highest BCUT2D eigenvalue weighted by Crippen LogP contribution is 2.40. The lowest BCUT2D eigenvalue weighted by Gasteiger charge is -2.11. The smallest absolute Gasteiger partial charge is 0.241 e. The molecule has 0 unspecified atom stereocenters. The topological polar surface area (TPSA) is 59.1 Å². The Bertz CT molecular complexity index is 977. The number of rotatable bonds is 6. The van der Waals surface area contributed by atoms with Crippen LogP contribution in [0.4, 0.5) is 0 Å². The molecule has 1 heterocycles. The summed E-state index contributed by atoms with van der Waals surface area (Å²) in [6, 6.07) is 16.6. The zero-order valence-corrected chi connectivity index (χ0v) is 15.2. The van der Waals surface area contributed by atoms with E-state index >= 15 is 0 Å². The lowest BCUT2D eigenvalue weighted by molar-refractivity contribution is 0.581. The third-order valence-corrected chi connectivity index (χ3v) is 6.57. The van der Waals surface area contributed by atoms with Crippen molar-refractivity contribution in [2.75, 3.05) is 0 Å². The number of hydrogen-bond donors (Lipinski definition) is 1. The Balaban J connectivity index is 1.57. The first-order valence-corrected chi connectivity index (χ1v) is 10.6. The number of thiazole rings is 1. The average Bonchev–Trinajstić information content (AvgIpc) is 3.39. The van der Waals surface area contributed by atoms with Crippen LogP contribution in [0.25, 0.3) is 11.1 Å². The van der Waals surface area contributed by atoms with E-state index in [2.05, 4.69) is 9.71 Å². The van der Waals surface area contributed by atoms with Crippen molar-refractivity contribution in [2.24, 2.45) is 0 Å². The van der Waals surface area contributed by atoms with Gasteiger partial charge in [0.25, 0.3) is 0 Å². The zero-order chi connectivity index (χ0) is 17.3. The van der Waals surface area contributed by atoms with Crippen LogP contribution in [-0.4, -0.2) is 13.4 Å². The molecule has 128 valence electrons. The van der Waals surface area contributed by atoms with Gasteiger partial charge in [-0.15, -0.1) is 11.3 Å². The maximum atomic E-state index is 12.8. The summed E-state index contributed by atoms with van der Waals surface area (Å²) in [5.74, 6) is 0.584. The summed E-state index contributed by atoms with van der Waals surface area (Å²) in [4.78, 5) is 4.83. The van der Waals surface area contributed by atoms with E-state index in [9.17, 15) is 8.42 Å². The Morgan fingerprint density at radius 2 is 1.76 bits per heavy atom. The number of sulfonamides is 1. The van der Waals surface area contributed by atoms with Gasteiger partial charge in [-0.2, -0.15) is 0 Å². The van der Waals surface area contributed by atoms with Crippen LogP contribution in [0.5, 0.6) is 0 Å². The Morgan fingerprint density at radius 3 is 2.52 bits per heavy atom. The second kappa shape index (κ2) is 6.71. The maximum absolute atomic E-state index is 12.8. The van der Waals surface area contributed by atoms with Crippen LogP contribution in [0.1, 0.15) is 29.5 Å². The van der Waals surface area contributed by atoms with E-state index in [1.54, 1.807) is 12.1 Å². The largest absolute Gasteiger partial charge is 0.245 e. The molecule has 1 fully saturated rings. The van der Waals surface area contributed by atoms with E-state index < -0.39 is 10.0 Å². The molecular weight excluding hydrogens is 352 g/mol. The monoisotopic (exact) mass is 370 g/mol. The van der Waals surface area contributed by atoms with Gasteiger partial charge in [0.05, 0.1) is 17.1 Å². The summed E-state index contributed by atoms with van der Waals surface area (Å²) in [6.07, 6.45) is 2.39. The van der Waals surface area contributed by atoms with Crippen LogP contribution in [0.3, 0.4) is 0 Å². The van der Waals surface area contributed by atoms with Crippen molar-refractivity contribution >= 4 is 21.4 Å². The van der Waals surface area contributed by atoms with E-state index in [0.29, 0.717) is 16.4 Å². The molecule has 0 spiro atoms. The second-order valence-electron chi connectivity index (χ2n) is 6.13. The minimum absolute atomic E-state index is 0.225. The van der Waals surface area contributed by atoms with Crippen molar-refractivity contribution in [2.45, 2.75) is 30.2 Å². The van der Waals surface area contributed by atoms with Crippen molar-refractivity contribution in [3.63, 3.8) is 0 Å². The number of nitrogens with zero attached hydrogens (tertiary/aromatic N) is 1. The van der Waals surface area contributed by atoms with Gasteiger partial charge in [-0.1, -0.05) is 48.5 Å². The first-order valence-electron chi connectivity index (χ1n) is 8.22. The molecule has 0 bridgehead atoms. The highest BCUT2D eigenvalue weighted by Gasteiger charge is 2.26. The average molecular weight is 370 g/mol. The molecule has 1 saturated carbocycles. The van der Waals surface area contributed by atoms with Gasteiger partial charge in [-0.3, -0.25) is 0 Å². The quantitative estimate of drug-likeness (QED) is 0.708. The molecule has 3 aromatic rings.